The topological polar surface area (TPSA) is 78.4 Å². The van der Waals surface area contributed by atoms with Gasteiger partial charge in [-0.05, 0) is 65.8 Å². The first kappa shape index (κ1) is 19.3. The molecule has 0 radical (unpaired) electrons. The summed E-state index contributed by atoms with van der Waals surface area (Å²) in [6.45, 7) is 2.63. The molecule has 2 aromatic rings. The van der Waals surface area contributed by atoms with E-state index in [9.17, 15) is 9.90 Å². The number of halogens is 2. The van der Waals surface area contributed by atoms with Crippen molar-refractivity contribution in [2.45, 2.75) is 25.8 Å². The number of hydrogen-bond donors (Lipinski definition) is 2. The first-order valence-electron chi connectivity index (χ1n) is 9.11. The Kier molecular flexibility index (Phi) is 5.38. The summed E-state index contributed by atoms with van der Waals surface area (Å²) in [5, 5.41) is 21.5. The minimum absolute atomic E-state index is 0.0340. The lowest BCUT2D eigenvalue weighted by atomic mass is 9.93. The van der Waals surface area contributed by atoms with E-state index < -0.39 is 0 Å². The first-order chi connectivity index (χ1) is 13.5. The fourth-order valence-corrected chi connectivity index (χ4v) is 4.29. The Morgan fingerprint density at radius 1 is 1.32 bits per heavy atom. The van der Waals surface area contributed by atoms with Crippen LogP contribution in [0, 0.1) is 6.92 Å². The van der Waals surface area contributed by atoms with Gasteiger partial charge < -0.3 is 10.4 Å². The average molecular weight is 419 g/mol. The van der Waals surface area contributed by atoms with Crippen molar-refractivity contribution in [1.82, 2.24) is 15.1 Å². The van der Waals surface area contributed by atoms with E-state index in [1.54, 1.807) is 13.0 Å². The molecule has 0 saturated heterocycles. The summed E-state index contributed by atoms with van der Waals surface area (Å²) in [6.07, 6.45) is 1.61. The minimum atomic E-state index is -0.197. The van der Waals surface area contributed by atoms with E-state index in [0.29, 0.717) is 22.5 Å². The number of aliphatic hydroxyl groups excluding tert-OH is 1. The van der Waals surface area contributed by atoms with Gasteiger partial charge in [0, 0.05) is 11.6 Å². The van der Waals surface area contributed by atoms with Gasteiger partial charge in [0.1, 0.15) is 0 Å². The molecule has 146 valence electrons. The maximum atomic E-state index is 12.5. The Morgan fingerprint density at radius 3 is 2.89 bits per heavy atom. The number of anilines is 1. The fraction of sp³-hybridized carbons (Fsp3) is 0.350. The van der Waals surface area contributed by atoms with Gasteiger partial charge in [0.25, 0.3) is 0 Å². The number of aryl methyl sites for hydroxylation is 1. The van der Waals surface area contributed by atoms with Gasteiger partial charge in [0.05, 0.1) is 19.2 Å². The van der Waals surface area contributed by atoms with E-state index in [2.05, 4.69) is 15.5 Å². The van der Waals surface area contributed by atoms with Crippen LogP contribution >= 0.6 is 23.2 Å². The third kappa shape index (κ3) is 3.65. The summed E-state index contributed by atoms with van der Waals surface area (Å²) in [5.41, 5.74) is 5.59. The van der Waals surface area contributed by atoms with Crippen molar-refractivity contribution in [2.24, 2.45) is 0 Å². The highest BCUT2D eigenvalue weighted by atomic mass is 35.5. The van der Waals surface area contributed by atoms with Crippen LogP contribution in [-0.2, 0) is 11.2 Å². The Bertz CT molecular complexity index is 977. The fourth-order valence-electron chi connectivity index (χ4n) is 4.03. The molecule has 0 bridgehead atoms. The summed E-state index contributed by atoms with van der Waals surface area (Å²) in [4.78, 5) is 14.5. The van der Waals surface area contributed by atoms with Crippen LogP contribution in [0.5, 0.6) is 0 Å². The number of hydrogen-bond acceptors (Lipinski definition) is 5. The number of nitrogens with one attached hydrogen (secondary N) is 1. The molecule has 1 atom stereocenters. The third-order valence-corrected chi connectivity index (χ3v) is 5.98. The van der Waals surface area contributed by atoms with Crippen molar-refractivity contribution in [2.75, 3.05) is 25.0 Å². The predicted molar refractivity (Wildman–Crippen MR) is 110 cm³/mol. The third-order valence-electron chi connectivity index (χ3n) is 5.37. The molecule has 1 aromatic heterocycles. The van der Waals surface area contributed by atoms with Crippen molar-refractivity contribution in [1.29, 1.82) is 0 Å². The Labute approximate surface area is 173 Å². The number of aliphatic hydroxyl groups is 1. The Hall–Kier alpha value is -1.99. The van der Waals surface area contributed by atoms with E-state index in [4.69, 9.17) is 23.2 Å². The summed E-state index contributed by atoms with van der Waals surface area (Å²) in [5.74, 6) is 0.171. The van der Waals surface area contributed by atoms with Crippen LogP contribution in [0.15, 0.2) is 29.8 Å². The molecule has 8 heteroatoms. The maximum absolute atomic E-state index is 12.5. The molecule has 2 N–H and O–H groups in total. The zero-order chi connectivity index (χ0) is 19.8. The second-order valence-corrected chi connectivity index (χ2v) is 7.95. The highest BCUT2D eigenvalue weighted by molar-refractivity contribution is 6.30. The van der Waals surface area contributed by atoms with Gasteiger partial charge in [-0.2, -0.15) is 0 Å². The summed E-state index contributed by atoms with van der Waals surface area (Å²) < 4.78 is 0. The second kappa shape index (κ2) is 7.79. The normalized spacial score (nSPS) is 18.8. The number of fused-ring (bicyclic) bond motifs is 2. The van der Waals surface area contributed by atoms with Gasteiger partial charge >= 0.3 is 0 Å². The summed E-state index contributed by atoms with van der Waals surface area (Å²) in [7, 11) is 0. The molecule has 0 spiro atoms. The van der Waals surface area contributed by atoms with Crippen LogP contribution in [0.4, 0.5) is 5.82 Å². The van der Waals surface area contributed by atoms with E-state index in [1.807, 2.05) is 23.1 Å². The molecule has 2 heterocycles. The number of amides is 1. The smallest absolute Gasteiger partial charge is 0.239 e. The van der Waals surface area contributed by atoms with Crippen LogP contribution in [0.3, 0.4) is 0 Å². The monoisotopic (exact) mass is 418 g/mol. The van der Waals surface area contributed by atoms with Crippen LogP contribution in [-0.4, -0.2) is 51.8 Å². The highest BCUT2D eigenvalue weighted by Crippen LogP contribution is 2.41. The van der Waals surface area contributed by atoms with Gasteiger partial charge in [0.2, 0.25) is 5.91 Å². The van der Waals surface area contributed by atoms with E-state index in [0.717, 1.165) is 18.4 Å². The van der Waals surface area contributed by atoms with Crippen LogP contribution in [0.25, 0.3) is 5.57 Å². The highest BCUT2D eigenvalue weighted by Gasteiger charge is 2.35. The molecule has 4 rings (SSSR count). The summed E-state index contributed by atoms with van der Waals surface area (Å²) in [6, 6.07) is 7.44. The van der Waals surface area contributed by atoms with Gasteiger partial charge in [-0.3, -0.25) is 9.69 Å². The molecule has 1 aromatic carbocycles. The van der Waals surface area contributed by atoms with Crippen molar-refractivity contribution >= 4 is 40.5 Å². The molecule has 0 saturated carbocycles. The lowest BCUT2D eigenvalue weighted by Crippen LogP contribution is -2.46. The van der Waals surface area contributed by atoms with Crippen molar-refractivity contribution in [3.63, 3.8) is 0 Å². The SMILES string of the molecule is Cc1cc(NC(=O)CN2CCC3=C(Cc4ccc(Cl)cc43)C2CO)nnc1Cl. The molecule has 1 unspecified atom stereocenters. The molecular weight excluding hydrogens is 399 g/mol. The number of aromatic nitrogens is 2. The quantitative estimate of drug-likeness (QED) is 0.797. The summed E-state index contributed by atoms with van der Waals surface area (Å²) >= 11 is 12.0. The van der Waals surface area contributed by atoms with Crippen molar-refractivity contribution in [3.05, 3.63) is 56.7 Å². The van der Waals surface area contributed by atoms with Crippen LogP contribution in [0.1, 0.15) is 23.1 Å². The average Bonchev–Trinajstić information content (AvgIpc) is 3.02. The van der Waals surface area contributed by atoms with Gasteiger partial charge in [-0.15, -0.1) is 10.2 Å². The molecule has 1 aliphatic carbocycles. The number of rotatable bonds is 4. The molecule has 1 aliphatic heterocycles. The molecule has 6 nitrogen and oxygen atoms in total. The minimum Gasteiger partial charge on any atom is -0.394 e. The maximum Gasteiger partial charge on any atom is 0.239 e. The standard InChI is InChI=1S/C20H20Cl2N4O2/c1-11-6-18(24-25-20(11)22)23-19(28)9-26-5-4-14-15-8-13(21)3-2-12(15)7-16(14)17(26)10-27/h2-3,6,8,17,27H,4-5,7,9-10H2,1H3,(H,23,24,28). The number of carbonyl (C=O) groups excluding carboxylic acids is 1. The second-order valence-electron chi connectivity index (χ2n) is 7.15. The van der Waals surface area contributed by atoms with E-state index >= 15 is 0 Å². The molecule has 2 aliphatic rings. The van der Waals surface area contributed by atoms with Gasteiger partial charge in [-0.25, -0.2) is 0 Å². The molecule has 1 amide bonds. The first-order valence-corrected chi connectivity index (χ1v) is 9.87. The number of nitrogens with zero attached hydrogens (tertiary/aromatic N) is 3. The largest absolute Gasteiger partial charge is 0.394 e. The van der Waals surface area contributed by atoms with Gasteiger partial charge in [-0.1, -0.05) is 29.3 Å². The van der Waals surface area contributed by atoms with Crippen molar-refractivity contribution < 1.29 is 9.90 Å². The zero-order valence-corrected chi connectivity index (χ0v) is 16.9. The van der Waals surface area contributed by atoms with Crippen molar-refractivity contribution in [3.8, 4) is 0 Å². The number of carbonyl (C=O) groups is 1. The van der Waals surface area contributed by atoms with Gasteiger partial charge in [0.15, 0.2) is 11.0 Å². The zero-order valence-electron chi connectivity index (χ0n) is 15.4. The van der Waals surface area contributed by atoms with Crippen LogP contribution in [0.2, 0.25) is 10.2 Å². The molecule has 28 heavy (non-hydrogen) atoms. The Morgan fingerprint density at radius 2 is 2.14 bits per heavy atom. The Balaban J connectivity index is 1.49. The van der Waals surface area contributed by atoms with E-state index in [1.165, 1.54) is 22.3 Å². The lowest BCUT2D eigenvalue weighted by Gasteiger charge is -2.35. The van der Waals surface area contributed by atoms with E-state index in [-0.39, 0.29) is 25.1 Å². The van der Waals surface area contributed by atoms with Crippen LogP contribution < -0.4 is 5.32 Å². The molecule has 0 fully saturated rings. The molecular formula is C20H20Cl2N4O2. The number of benzene rings is 1. The predicted octanol–water partition coefficient (Wildman–Crippen LogP) is 3.11. The lowest BCUT2D eigenvalue weighted by molar-refractivity contribution is -0.117.